The van der Waals surface area contributed by atoms with Crippen LogP contribution in [0.15, 0.2) is 29.8 Å². The molecule has 17 heavy (non-hydrogen) atoms. The van der Waals surface area contributed by atoms with E-state index in [2.05, 4.69) is 16.4 Å². The van der Waals surface area contributed by atoms with Crippen LogP contribution in [0.25, 0.3) is 0 Å². The highest BCUT2D eigenvalue weighted by Crippen LogP contribution is 2.19. The third kappa shape index (κ3) is 2.95. The number of nitrogens with two attached hydrogens (primary N) is 1. The van der Waals surface area contributed by atoms with E-state index in [0.717, 1.165) is 23.7 Å². The van der Waals surface area contributed by atoms with E-state index < -0.39 is 0 Å². The number of benzene rings is 1. The molecule has 1 aromatic heterocycles. The first-order chi connectivity index (χ1) is 8.29. The summed E-state index contributed by atoms with van der Waals surface area (Å²) in [6, 6.07) is 7.31. The summed E-state index contributed by atoms with van der Waals surface area (Å²) in [5.74, 6) is 0. The van der Waals surface area contributed by atoms with Crippen molar-refractivity contribution in [3.05, 3.63) is 40.3 Å². The number of nitrogens with zero attached hydrogens (tertiary/aromatic N) is 2. The molecule has 0 aliphatic carbocycles. The molecule has 2 aromatic rings. The zero-order valence-corrected chi connectivity index (χ0v) is 10.00. The number of hydrogen-bond acceptors (Lipinski definition) is 5. The summed E-state index contributed by atoms with van der Waals surface area (Å²) in [6.45, 7) is 0.781. The van der Waals surface area contributed by atoms with Gasteiger partial charge in [0.25, 0.3) is 0 Å². The number of nitriles is 1. The van der Waals surface area contributed by atoms with E-state index in [1.807, 2.05) is 11.4 Å². The molecule has 2 rings (SSSR count). The lowest BCUT2D eigenvalue weighted by molar-refractivity contribution is 0.999. The minimum Gasteiger partial charge on any atom is -0.397 e. The van der Waals surface area contributed by atoms with E-state index >= 15 is 0 Å². The molecule has 3 N–H and O–H groups in total. The molecule has 0 spiro atoms. The van der Waals surface area contributed by atoms with Crippen LogP contribution < -0.4 is 11.1 Å². The standard InChI is InChI=1S/C12H12N4S/c13-8-9-1-2-11(10(14)7-9)15-4-3-12-16-5-6-17-12/h1-2,5-7,15H,3-4,14H2. The molecule has 0 aliphatic heterocycles. The molecule has 0 fully saturated rings. The van der Waals surface area contributed by atoms with Crippen LogP contribution in [0.3, 0.4) is 0 Å². The van der Waals surface area contributed by atoms with Crippen molar-refractivity contribution in [1.82, 2.24) is 4.98 Å². The lowest BCUT2D eigenvalue weighted by Gasteiger charge is -2.08. The molecule has 0 radical (unpaired) electrons. The Balaban J connectivity index is 1.93. The van der Waals surface area contributed by atoms with E-state index in [4.69, 9.17) is 11.0 Å². The normalized spacial score (nSPS) is 9.82. The van der Waals surface area contributed by atoms with Crippen LogP contribution in [0.4, 0.5) is 11.4 Å². The average Bonchev–Trinajstić information content (AvgIpc) is 2.84. The lowest BCUT2D eigenvalue weighted by Crippen LogP contribution is -2.06. The molecule has 5 heteroatoms. The average molecular weight is 244 g/mol. The maximum Gasteiger partial charge on any atom is 0.0992 e. The van der Waals surface area contributed by atoms with Gasteiger partial charge in [-0.1, -0.05) is 0 Å². The van der Waals surface area contributed by atoms with Gasteiger partial charge in [-0.25, -0.2) is 4.98 Å². The van der Waals surface area contributed by atoms with Crippen LogP contribution >= 0.6 is 11.3 Å². The van der Waals surface area contributed by atoms with Gasteiger partial charge in [-0.3, -0.25) is 0 Å². The number of anilines is 2. The highest BCUT2D eigenvalue weighted by atomic mass is 32.1. The molecule has 1 heterocycles. The van der Waals surface area contributed by atoms with E-state index in [9.17, 15) is 0 Å². The Morgan fingerprint density at radius 2 is 2.35 bits per heavy atom. The maximum absolute atomic E-state index is 8.72. The zero-order chi connectivity index (χ0) is 12.1. The zero-order valence-electron chi connectivity index (χ0n) is 9.18. The summed E-state index contributed by atoms with van der Waals surface area (Å²) >= 11 is 1.64. The predicted molar refractivity (Wildman–Crippen MR) is 69.9 cm³/mol. The fourth-order valence-corrected chi connectivity index (χ4v) is 2.09. The topological polar surface area (TPSA) is 74.7 Å². The Kier molecular flexibility index (Phi) is 3.58. The van der Waals surface area contributed by atoms with Crippen LogP contribution in [0.5, 0.6) is 0 Å². The third-order valence-corrected chi connectivity index (χ3v) is 3.16. The molecule has 1 aromatic carbocycles. The molecule has 86 valence electrons. The van der Waals surface area contributed by atoms with Crippen molar-refractivity contribution in [2.75, 3.05) is 17.6 Å². The van der Waals surface area contributed by atoms with E-state index in [-0.39, 0.29) is 0 Å². The molecule has 0 atom stereocenters. The monoisotopic (exact) mass is 244 g/mol. The first-order valence-corrected chi connectivity index (χ1v) is 6.09. The molecule has 0 aliphatic rings. The molecule has 4 nitrogen and oxygen atoms in total. The van der Waals surface area contributed by atoms with Gasteiger partial charge in [0.1, 0.15) is 0 Å². The molecule has 0 saturated heterocycles. The Morgan fingerprint density at radius 3 is 3.00 bits per heavy atom. The van der Waals surface area contributed by atoms with Gasteiger partial charge in [0.2, 0.25) is 0 Å². The van der Waals surface area contributed by atoms with Gasteiger partial charge in [0.05, 0.1) is 28.0 Å². The van der Waals surface area contributed by atoms with E-state index in [1.165, 1.54) is 0 Å². The largest absolute Gasteiger partial charge is 0.397 e. The van der Waals surface area contributed by atoms with Gasteiger partial charge in [0.15, 0.2) is 0 Å². The van der Waals surface area contributed by atoms with Gasteiger partial charge >= 0.3 is 0 Å². The predicted octanol–water partition coefficient (Wildman–Crippen LogP) is 2.25. The number of hydrogen-bond donors (Lipinski definition) is 2. The lowest BCUT2D eigenvalue weighted by atomic mass is 10.2. The number of aromatic nitrogens is 1. The van der Waals surface area contributed by atoms with E-state index in [1.54, 1.807) is 29.7 Å². The first-order valence-electron chi connectivity index (χ1n) is 5.21. The summed E-state index contributed by atoms with van der Waals surface area (Å²) in [4.78, 5) is 4.20. The molecule has 0 amide bonds. The summed E-state index contributed by atoms with van der Waals surface area (Å²) in [6.07, 6.45) is 2.67. The van der Waals surface area contributed by atoms with Crippen molar-refractivity contribution in [2.45, 2.75) is 6.42 Å². The molecular formula is C12H12N4S. The quantitative estimate of drug-likeness (QED) is 0.809. The summed E-state index contributed by atoms with van der Waals surface area (Å²) in [7, 11) is 0. The van der Waals surface area contributed by atoms with Gasteiger partial charge in [-0.05, 0) is 18.2 Å². The highest BCUT2D eigenvalue weighted by Gasteiger charge is 2.01. The Morgan fingerprint density at radius 1 is 1.47 bits per heavy atom. The summed E-state index contributed by atoms with van der Waals surface area (Å²) in [5, 5.41) is 15.0. The number of nitrogen functional groups attached to an aromatic ring is 1. The smallest absolute Gasteiger partial charge is 0.0992 e. The molecule has 0 saturated carbocycles. The second-order valence-corrected chi connectivity index (χ2v) is 4.50. The van der Waals surface area contributed by atoms with Crippen molar-refractivity contribution in [3.8, 4) is 6.07 Å². The Hall–Kier alpha value is -2.06. The van der Waals surface area contributed by atoms with Crippen molar-refractivity contribution in [3.63, 3.8) is 0 Å². The second-order valence-electron chi connectivity index (χ2n) is 3.52. The van der Waals surface area contributed by atoms with Gasteiger partial charge in [0, 0.05) is 24.5 Å². The van der Waals surface area contributed by atoms with Crippen LogP contribution in [0, 0.1) is 11.3 Å². The van der Waals surface area contributed by atoms with E-state index in [0.29, 0.717) is 11.3 Å². The maximum atomic E-state index is 8.72. The molecule has 0 bridgehead atoms. The first kappa shape index (κ1) is 11.4. The summed E-state index contributed by atoms with van der Waals surface area (Å²) < 4.78 is 0. The van der Waals surface area contributed by atoms with Crippen LogP contribution in [-0.2, 0) is 6.42 Å². The number of nitrogens with one attached hydrogen (secondary N) is 1. The van der Waals surface area contributed by atoms with Crippen molar-refractivity contribution >= 4 is 22.7 Å². The Bertz CT molecular complexity index is 528. The minimum absolute atomic E-state index is 0.577. The fourth-order valence-electron chi connectivity index (χ4n) is 1.47. The van der Waals surface area contributed by atoms with Crippen molar-refractivity contribution in [2.24, 2.45) is 0 Å². The molecular weight excluding hydrogens is 232 g/mol. The molecule has 0 unspecified atom stereocenters. The van der Waals surface area contributed by atoms with Crippen LogP contribution in [0.1, 0.15) is 10.6 Å². The highest BCUT2D eigenvalue weighted by molar-refractivity contribution is 7.09. The van der Waals surface area contributed by atoms with Gasteiger partial charge in [-0.15, -0.1) is 11.3 Å². The Labute approximate surface area is 104 Å². The number of thiazole rings is 1. The summed E-state index contributed by atoms with van der Waals surface area (Å²) in [5.41, 5.74) is 7.87. The minimum atomic E-state index is 0.577. The third-order valence-electron chi connectivity index (χ3n) is 2.32. The SMILES string of the molecule is N#Cc1ccc(NCCc2nccs2)c(N)c1. The van der Waals surface area contributed by atoms with Gasteiger partial charge in [-0.2, -0.15) is 5.26 Å². The van der Waals surface area contributed by atoms with Gasteiger partial charge < -0.3 is 11.1 Å². The second kappa shape index (κ2) is 5.32. The fraction of sp³-hybridized carbons (Fsp3) is 0.167. The van der Waals surface area contributed by atoms with Crippen LogP contribution in [0.2, 0.25) is 0 Å². The van der Waals surface area contributed by atoms with Crippen molar-refractivity contribution in [1.29, 1.82) is 5.26 Å². The van der Waals surface area contributed by atoms with Crippen molar-refractivity contribution < 1.29 is 0 Å². The number of rotatable bonds is 4. The van der Waals surface area contributed by atoms with Crippen LogP contribution in [-0.4, -0.2) is 11.5 Å².